The van der Waals surface area contributed by atoms with Gasteiger partial charge in [0.1, 0.15) is 11.6 Å². The SMILES string of the molecule is CCOc1ccc2nc(-c3ccncc3)[nH]c2c1. The molecular formula is C14H13N3O. The van der Waals surface area contributed by atoms with Gasteiger partial charge in [-0.3, -0.25) is 4.98 Å². The third kappa shape index (κ3) is 1.93. The van der Waals surface area contributed by atoms with Gasteiger partial charge in [-0.15, -0.1) is 0 Å². The van der Waals surface area contributed by atoms with Crippen LogP contribution in [0.3, 0.4) is 0 Å². The maximum Gasteiger partial charge on any atom is 0.138 e. The van der Waals surface area contributed by atoms with Gasteiger partial charge < -0.3 is 9.72 Å². The van der Waals surface area contributed by atoms with Gasteiger partial charge >= 0.3 is 0 Å². The van der Waals surface area contributed by atoms with Crippen LogP contribution in [0, 0.1) is 0 Å². The molecule has 0 saturated carbocycles. The third-order valence-corrected chi connectivity index (χ3v) is 2.72. The van der Waals surface area contributed by atoms with E-state index in [1.54, 1.807) is 12.4 Å². The van der Waals surface area contributed by atoms with Crippen LogP contribution in [0.25, 0.3) is 22.4 Å². The van der Waals surface area contributed by atoms with Crippen LogP contribution in [0.15, 0.2) is 42.7 Å². The molecule has 1 N–H and O–H groups in total. The number of nitrogens with zero attached hydrogens (tertiary/aromatic N) is 2. The highest BCUT2D eigenvalue weighted by molar-refractivity contribution is 5.80. The molecule has 0 spiro atoms. The number of ether oxygens (including phenoxy) is 1. The molecule has 0 amide bonds. The Kier molecular flexibility index (Phi) is 2.68. The van der Waals surface area contributed by atoms with Crippen LogP contribution in [0.1, 0.15) is 6.92 Å². The first-order valence-electron chi connectivity index (χ1n) is 5.90. The number of rotatable bonds is 3. The Morgan fingerprint density at radius 3 is 2.78 bits per heavy atom. The van der Waals surface area contributed by atoms with Crippen LogP contribution in [-0.4, -0.2) is 21.6 Å². The zero-order chi connectivity index (χ0) is 12.4. The number of fused-ring (bicyclic) bond motifs is 1. The lowest BCUT2D eigenvalue weighted by Gasteiger charge is -2.00. The highest BCUT2D eigenvalue weighted by Gasteiger charge is 2.05. The topological polar surface area (TPSA) is 50.8 Å². The third-order valence-electron chi connectivity index (χ3n) is 2.72. The molecule has 90 valence electrons. The van der Waals surface area contributed by atoms with Gasteiger partial charge in [-0.1, -0.05) is 0 Å². The van der Waals surface area contributed by atoms with Crippen molar-refractivity contribution in [2.75, 3.05) is 6.61 Å². The number of hydrogen-bond donors (Lipinski definition) is 1. The predicted octanol–water partition coefficient (Wildman–Crippen LogP) is 3.02. The van der Waals surface area contributed by atoms with E-state index in [0.717, 1.165) is 28.2 Å². The molecule has 0 bridgehead atoms. The zero-order valence-corrected chi connectivity index (χ0v) is 10.1. The second-order valence-electron chi connectivity index (χ2n) is 3.93. The van der Waals surface area contributed by atoms with Crippen molar-refractivity contribution >= 4 is 11.0 Å². The molecule has 3 rings (SSSR count). The summed E-state index contributed by atoms with van der Waals surface area (Å²) in [5, 5.41) is 0. The standard InChI is InChI=1S/C14H13N3O/c1-2-18-11-3-4-12-13(9-11)17-14(16-12)10-5-7-15-8-6-10/h3-9H,2H2,1H3,(H,16,17). The van der Waals surface area contributed by atoms with Crippen molar-refractivity contribution in [3.8, 4) is 17.1 Å². The van der Waals surface area contributed by atoms with Crippen LogP contribution in [0.2, 0.25) is 0 Å². The number of hydrogen-bond acceptors (Lipinski definition) is 3. The molecule has 0 fully saturated rings. The lowest BCUT2D eigenvalue weighted by Crippen LogP contribution is -1.90. The second-order valence-corrected chi connectivity index (χ2v) is 3.93. The van der Waals surface area contributed by atoms with E-state index < -0.39 is 0 Å². The van der Waals surface area contributed by atoms with E-state index in [-0.39, 0.29) is 0 Å². The molecule has 0 radical (unpaired) electrons. The molecule has 0 aliphatic carbocycles. The van der Waals surface area contributed by atoms with Gasteiger partial charge in [0, 0.05) is 24.0 Å². The normalized spacial score (nSPS) is 10.7. The molecule has 2 aromatic heterocycles. The molecule has 18 heavy (non-hydrogen) atoms. The summed E-state index contributed by atoms with van der Waals surface area (Å²) in [7, 11) is 0. The smallest absolute Gasteiger partial charge is 0.138 e. The maximum atomic E-state index is 5.47. The monoisotopic (exact) mass is 239 g/mol. The molecule has 4 heteroatoms. The number of aromatic amines is 1. The van der Waals surface area contributed by atoms with E-state index in [9.17, 15) is 0 Å². The molecule has 2 heterocycles. The van der Waals surface area contributed by atoms with Gasteiger partial charge in [0.15, 0.2) is 0 Å². The quantitative estimate of drug-likeness (QED) is 0.764. The summed E-state index contributed by atoms with van der Waals surface area (Å²) < 4.78 is 5.47. The lowest BCUT2D eigenvalue weighted by atomic mass is 10.3. The van der Waals surface area contributed by atoms with Gasteiger partial charge in [-0.25, -0.2) is 4.98 Å². The molecule has 0 aliphatic heterocycles. The summed E-state index contributed by atoms with van der Waals surface area (Å²) in [6, 6.07) is 9.73. The van der Waals surface area contributed by atoms with Crippen molar-refractivity contribution in [1.29, 1.82) is 0 Å². The van der Waals surface area contributed by atoms with Crippen LogP contribution in [0.4, 0.5) is 0 Å². The van der Waals surface area contributed by atoms with E-state index >= 15 is 0 Å². The Hall–Kier alpha value is -2.36. The average molecular weight is 239 g/mol. The van der Waals surface area contributed by atoms with E-state index in [0.29, 0.717) is 6.61 Å². The van der Waals surface area contributed by atoms with Crippen LogP contribution in [-0.2, 0) is 0 Å². The van der Waals surface area contributed by atoms with Crippen molar-refractivity contribution < 1.29 is 4.74 Å². The van der Waals surface area contributed by atoms with Gasteiger partial charge in [-0.2, -0.15) is 0 Å². The van der Waals surface area contributed by atoms with E-state index in [4.69, 9.17) is 4.74 Å². The molecule has 0 unspecified atom stereocenters. The highest BCUT2D eigenvalue weighted by atomic mass is 16.5. The van der Waals surface area contributed by atoms with E-state index in [1.165, 1.54) is 0 Å². The van der Waals surface area contributed by atoms with Gasteiger partial charge in [0.25, 0.3) is 0 Å². The summed E-state index contributed by atoms with van der Waals surface area (Å²) >= 11 is 0. The fourth-order valence-corrected chi connectivity index (χ4v) is 1.89. The lowest BCUT2D eigenvalue weighted by molar-refractivity contribution is 0.340. The summed E-state index contributed by atoms with van der Waals surface area (Å²) in [5.41, 5.74) is 2.94. The molecule has 0 atom stereocenters. The summed E-state index contributed by atoms with van der Waals surface area (Å²) in [6.45, 7) is 2.64. The zero-order valence-electron chi connectivity index (χ0n) is 10.1. The van der Waals surface area contributed by atoms with Crippen molar-refractivity contribution in [2.45, 2.75) is 6.92 Å². The summed E-state index contributed by atoms with van der Waals surface area (Å²) in [5.74, 6) is 1.70. The number of aromatic nitrogens is 3. The average Bonchev–Trinajstić information content (AvgIpc) is 2.83. The van der Waals surface area contributed by atoms with Crippen molar-refractivity contribution in [3.05, 3.63) is 42.7 Å². The predicted molar refractivity (Wildman–Crippen MR) is 70.5 cm³/mol. The Morgan fingerprint density at radius 1 is 1.17 bits per heavy atom. The molecular weight excluding hydrogens is 226 g/mol. The fraction of sp³-hybridized carbons (Fsp3) is 0.143. The second kappa shape index (κ2) is 4.49. The number of H-pyrrole nitrogens is 1. The summed E-state index contributed by atoms with van der Waals surface area (Å²) in [6.07, 6.45) is 3.52. The first kappa shape index (κ1) is 10.8. The number of benzene rings is 1. The molecule has 4 nitrogen and oxygen atoms in total. The van der Waals surface area contributed by atoms with Crippen molar-refractivity contribution in [2.24, 2.45) is 0 Å². The Balaban J connectivity index is 2.06. The highest BCUT2D eigenvalue weighted by Crippen LogP contribution is 2.23. The Bertz CT molecular complexity index is 661. The first-order chi connectivity index (χ1) is 8.86. The van der Waals surface area contributed by atoms with Crippen LogP contribution < -0.4 is 4.74 Å². The first-order valence-corrected chi connectivity index (χ1v) is 5.90. The maximum absolute atomic E-state index is 5.47. The largest absolute Gasteiger partial charge is 0.494 e. The van der Waals surface area contributed by atoms with Crippen LogP contribution >= 0.6 is 0 Å². The van der Waals surface area contributed by atoms with Crippen LogP contribution in [0.5, 0.6) is 5.75 Å². The molecule has 1 aromatic carbocycles. The van der Waals surface area contributed by atoms with E-state index in [2.05, 4.69) is 15.0 Å². The van der Waals surface area contributed by atoms with Gasteiger partial charge in [-0.05, 0) is 31.2 Å². The minimum absolute atomic E-state index is 0.664. The molecule has 3 aromatic rings. The van der Waals surface area contributed by atoms with Gasteiger partial charge in [0.2, 0.25) is 0 Å². The Labute approximate surface area is 105 Å². The van der Waals surface area contributed by atoms with E-state index in [1.807, 2.05) is 37.3 Å². The number of imidazole rings is 1. The number of pyridine rings is 1. The van der Waals surface area contributed by atoms with Crippen molar-refractivity contribution in [3.63, 3.8) is 0 Å². The minimum atomic E-state index is 0.664. The summed E-state index contributed by atoms with van der Waals surface area (Å²) in [4.78, 5) is 11.8. The van der Waals surface area contributed by atoms with Gasteiger partial charge in [0.05, 0.1) is 17.6 Å². The number of nitrogens with one attached hydrogen (secondary N) is 1. The molecule has 0 aliphatic rings. The Morgan fingerprint density at radius 2 is 2.00 bits per heavy atom. The van der Waals surface area contributed by atoms with Crippen molar-refractivity contribution in [1.82, 2.24) is 15.0 Å². The minimum Gasteiger partial charge on any atom is -0.494 e. The fourth-order valence-electron chi connectivity index (χ4n) is 1.89. The molecule has 0 saturated heterocycles.